The van der Waals surface area contributed by atoms with Crippen LogP contribution in [0, 0.1) is 11.7 Å². The van der Waals surface area contributed by atoms with E-state index in [1.807, 2.05) is 12.1 Å². The van der Waals surface area contributed by atoms with Crippen molar-refractivity contribution in [2.24, 2.45) is 5.92 Å². The first-order chi connectivity index (χ1) is 10.3. The van der Waals surface area contributed by atoms with Crippen LogP contribution in [0.1, 0.15) is 44.6 Å². The molecule has 134 valence electrons. The third kappa shape index (κ3) is 8.90. The van der Waals surface area contributed by atoms with Gasteiger partial charge in [0.05, 0.1) is 0 Å². The van der Waals surface area contributed by atoms with E-state index in [1.54, 1.807) is 0 Å². The monoisotopic (exact) mass is 364 g/mol. The van der Waals surface area contributed by atoms with Crippen LogP contribution in [0.4, 0.5) is 4.39 Å². The van der Waals surface area contributed by atoms with Crippen molar-refractivity contribution in [3.05, 3.63) is 35.6 Å². The normalized spacial score (nSPS) is 16.3. The molecule has 5 heteroatoms. The Morgan fingerprint density at radius 1 is 1.09 bits per heavy atom. The van der Waals surface area contributed by atoms with Crippen LogP contribution in [0.2, 0.25) is 0 Å². The SMILES string of the molecule is CCC(CCN1CCCCC1)CNCc1ccc(F)cc1.Cl.Cl. The highest BCUT2D eigenvalue weighted by atomic mass is 35.5. The van der Waals surface area contributed by atoms with Crippen LogP contribution in [0.25, 0.3) is 0 Å². The van der Waals surface area contributed by atoms with E-state index < -0.39 is 0 Å². The molecule has 0 amide bonds. The topological polar surface area (TPSA) is 15.3 Å². The van der Waals surface area contributed by atoms with Crippen molar-refractivity contribution in [1.29, 1.82) is 0 Å². The highest BCUT2D eigenvalue weighted by Crippen LogP contribution is 2.13. The van der Waals surface area contributed by atoms with Gasteiger partial charge in [-0.1, -0.05) is 31.9 Å². The molecule has 1 aliphatic rings. The molecule has 2 nitrogen and oxygen atoms in total. The van der Waals surface area contributed by atoms with Gasteiger partial charge in [-0.3, -0.25) is 0 Å². The summed E-state index contributed by atoms with van der Waals surface area (Å²) in [6, 6.07) is 6.78. The molecule has 1 heterocycles. The number of halogens is 3. The van der Waals surface area contributed by atoms with Crippen molar-refractivity contribution in [2.75, 3.05) is 26.2 Å². The van der Waals surface area contributed by atoms with Gasteiger partial charge in [-0.05, 0) is 69.1 Å². The van der Waals surface area contributed by atoms with Crippen molar-refractivity contribution in [1.82, 2.24) is 10.2 Å². The largest absolute Gasteiger partial charge is 0.312 e. The number of rotatable bonds is 8. The molecule has 0 aliphatic carbocycles. The molecule has 1 saturated heterocycles. The Morgan fingerprint density at radius 2 is 1.74 bits per heavy atom. The minimum absolute atomic E-state index is 0. The molecule has 0 bridgehead atoms. The molecule has 1 aromatic carbocycles. The van der Waals surface area contributed by atoms with Crippen molar-refractivity contribution in [3.8, 4) is 0 Å². The van der Waals surface area contributed by atoms with E-state index in [0.29, 0.717) is 0 Å². The molecule has 0 aromatic heterocycles. The fourth-order valence-electron chi connectivity index (χ4n) is 3.02. The fourth-order valence-corrected chi connectivity index (χ4v) is 3.02. The standard InChI is InChI=1S/C18H29FN2.2ClH/c1-2-16(10-13-21-11-4-3-5-12-21)14-20-15-17-6-8-18(19)9-7-17;;/h6-9,16,20H,2-5,10-15H2,1H3;2*1H. The average molecular weight is 365 g/mol. The summed E-state index contributed by atoms with van der Waals surface area (Å²) in [5.74, 6) is 0.582. The highest BCUT2D eigenvalue weighted by Gasteiger charge is 2.12. The minimum Gasteiger partial charge on any atom is -0.312 e. The van der Waals surface area contributed by atoms with Crippen LogP contribution in [0.15, 0.2) is 24.3 Å². The number of piperidine rings is 1. The second-order valence-corrected chi connectivity index (χ2v) is 6.22. The van der Waals surface area contributed by atoms with E-state index >= 15 is 0 Å². The molecular formula is C18H31Cl2FN2. The van der Waals surface area contributed by atoms with Gasteiger partial charge in [0.2, 0.25) is 0 Å². The van der Waals surface area contributed by atoms with Crippen LogP contribution < -0.4 is 5.32 Å². The summed E-state index contributed by atoms with van der Waals surface area (Å²) in [5.41, 5.74) is 1.15. The quantitative estimate of drug-likeness (QED) is 0.721. The number of nitrogens with one attached hydrogen (secondary N) is 1. The van der Waals surface area contributed by atoms with Crippen LogP contribution in [0.5, 0.6) is 0 Å². The molecule has 1 aromatic rings. The van der Waals surface area contributed by atoms with Gasteiger partial charge in [-0.25, -0.2) is 4.39 Å². The molecule has 1 aliphatic heterocycles. The Bertz CT molecular complexity index is 395. The summed E-state index contributed by atoms with van der Waals surface area (Å²) < 4.78 is 12.8. The van der Waals surface area contributed by atoms with Crippen LogP contribution in [-0.4, -0.2) is 31.1 Å². The summed E-state index contributed by atoms with van der Waals surface area (Å²) in [6.07, 6.45) is 6.67. The fraction of sp³-hybridized carbons (Fsp3) is 0.667. The number of hydrogen-bond donors (Lipinski definition) is 1. The maximum Gasteiger partial charge on any atom is 0.123 e. The first-order valence-corrected chi connectivity index (χ1v) is 8.45. The molecule has 0 spiro atoms. The zero-order valence-corrected chi connectivity index (χ0v) is 15.7. The van der Waals surface area contributed by atoms with Gasteiger partial charge in [-0.2, -0.15) is 0 Å². The summed E-state index contributed by atoms with van der Waals surface area (Å²) in [6.45, 7) is 8.00. The Labute approximate surface area is 153 Å². The summed E-state index contributed by atoms with van der Waals surface area (Å²) in [4.78, 5) is 2.62. The van der Waals surface area contributed by atoms with E-state index in [0.717, 1.165) is 24.6 Å². The number of benzene rings is 1. The van der Waals surface area contributed by atoms with Crippen molar-refractivity contribution >= 4 is 24.8 Å². The minimum atomic E-state index is -0.160. The summed E-state index contributed by atoms with van der Waals surface area (Å²) in [5, 5.41) is 3.52. The van der Waals surface area contributed by atoms with Crippen LogP contribution in [0.3, 0.4) is 0 Å². The van der Waals surface area contributed by atoms with Gasteiger partial charge in [-0.15, -0.1) is 24.8 Å². The van der Waals surface area contributed by atoms with Crippen LogP contribution in [-0.2, 0) is 6.54 Å². The van der Waals surface area contributed by atoms with Gasteiger partial charge in [0, 0.05) is 6.54 Å². The lowest BCUT2D eigenvalue weighted by Crippen LogP contribution is -2.33. The van der Waals surface area contributed by atoms with Crippen LogP contribution >= 0.6 is 24.8 Å². The maximum absolute atomic E-state index is 12.8. The zero-order chi connectivity index (χ0) is 14.9. The summed E-state index contributed by atoms with van der Waals surface area (Å²) >= 11 is 0. The predicted octanol–water partition coefficient (Wildman–Crippen LogP) is 4.66. The Hall–Kier alpha value is -0.350. The van der Waals surface area contributed by atoms with E-state index in [-0.39, 0.29) is 30.6 Å². The van der Waals surface area contributed by atoms with Gasteiger partial charge >= 0.3 is 0 Å². The molecule has 1 N–H and O–H groups in total. The van der Waals surface area contributed by atoms with E-state index in [1.165, 1.54) is 63.9 Å². The first kappa shape index (κ1) is 22.6. The lowest BCUT2D eigenvalue weighted by atomic mass is 10.0. The second kappa shape index (κ2) is 13.0. The maximum atomic E-state index is 12.8. The summed E-state index contributed by atoms with van der Waals surface area (Å²) in [7, 11) is 0. The van der Waals surface area contributed by atoms with Crippen molar-refractivity contribution < 1.29 is 4.39 Å². The molecule has 1 fully saturated rings. The third-order valence-electron chi connectivity index (χ3n) is 4.56. The Morgan fingerprint density at radius 3 is 2.35 bits per heavy atom. The average Bonchev–Trinajstić information content (AvgIpc) is 2.53. The predicted molar refractivity (Wildman–Crippen MR) is 101 cm³/mol. The van der Waals surface area contributed by atoms with Crippen molar-refractivity contribution in [3.63, 3.8) is 0 Å². The molecule has 1 atom stereocenters. The zero-order valence-electron chi connectivity index (χ0n) is 14.1. The number of likely N-dealkylation sites (tertiary alicyclic amines) is 1. The second-order valence-electron chi connectivity index (χ2n) is 6.22. The van der Waals surface area contributed by atoms with Gasteiger partial charge < -0.3 is 10.2 Å². The molecule has 2 rings (SSSR count). The molecule has 0 radical (unpaired) electrons. The third-order valence-corrected chi connectivity index (χ3v) is 4.56. The lowest BCUT2D eigenvalue weighted by Gasteiger charge is -2.28. The molecule has 1 unspecified atom stereocenters. The van der Waals surface area contributed by atoms with E-state index in [9.17, 15) is 4.39 Å². The molecule has 23 heavy (non-hydrogen) atoms. The van der Waals surface area contributed by atoms with E-state index in [2.05, 4.69) is 17.1 Å². The van der Waals surface area contributed by atoms with Gasteiger partial charge in [0.25, 0.3) is 0 Å². The van der Waals surface area contributed by atoms with E-state index in [4.69, 9.17) is 0 Å². The van der Waals surface area contributed by atoms with Gasteiger partial charge in [0.1, 0.15) is 5.82 Å². The van der Waals surface area contributed by atoms with Crippen molar-refractivity contribution in [2.45, 2.75) is 45.6 Å². The Balaban J connectivity index is 0.00000242. The highest BCUT2D eigenvalue weighted by molar-refractivity contribution is 5.85. The molecule has 0 saturated carbocycles. The van der Waals surface area contributed by atoms with Gasteiger partial charge in [0.15, 0.2) is 0 Å². The first-order valence-electron chi connectivity index (χ1n) is 8.45. The smallest absolute Gasteiger partial charge is 0.123 e. The number of nitrogens with zero attached hydrogens (tertiary/aromatic N) is 1. The number of hydrogen-bond acceptors (Lipinski definition) is 2. The Kier molecular flexibility index (Phi) is 12.8. The lowest BCUT2D eigenvalue weighted by molar-refractivity contribution is 0.210. The molecular weight excluding hydrogens is 334 g/mol.